The maximum Gasteiger partial charge on any atom is 0.163 e. The summed E-state index contributed by atoms with van der Waals surface area (Å²) in [5, 5.41) is 3.35. The molecular weight excluding hydrogens is 372 g/mol. The van der Waals surface area contributed by atoms with Gasteiger partial charge >= 0.3 is 0 Å². The predicted molar refractivity (Wildman–Crippen MR) is 122 cm³/mol. The third kappa shape index (κ3) is 4.72. The number of hydrogen-bond acceptors (Lipinski definition) is 6. The number of pyridine rings is 1. The molecule has 30 heavy (non-hydrogen) atoms. The van der Waals surface area contributed by atoms with E-state index in [4.69, 9.17) is 5.73 Å². The smallest absolute Gasteiger partial charge is 0.163 e. The number of hydrogen-bond donors (Lipinski definition) is 2. The lowest BCUT2D eigenvalue weighted by atomic mass is 10.1. The number of benzene rings is 2. The van der Waals surface area contributed by atoms with E-state index in [-0.39, 0.29) is 0 Å². The number of nitrogens with two attached hydrogens (primary N) is 1. The highest BCUT2D eigenvalue weighted by Crippen LogP contribution is 2.32. The minimum atomic E-state index is 0.507. The SMILES string of the molecule is Nc1c(NCCc2ccccc2)ncnc1N(Cc1ccccc1)c1ccccn1. The van der Waals surface area contributed by atoms with E-state index in [0.29, 0.717) is 23.9 Å². The van der Waals surface area contributed by atoms with Crippen molar-refractivity contribution in [2.75, 3.05) is 22.5 Å². The minimum Gasteiger partial charge on any atom is -0.393 e. The average Bonchev–Trinajstić information content (AvgIpc) is 2.81. The van der Waals surface area contributed by atoms with Gasteiger partial charge in [0.1, 0.15) is 17.8 Å². The molecule has 0 spiro atoms. The van der Waals surface area contributed by atoms with Gasteiger partial charge in [0, 0.05) is 12.7 Å². The number of nitrogen functional groups attached to an aromatic ring is 1. The molecule has 0 bridgehead atoms. The van der Waals surface area contributed by atoms with Crippen LogP contribution in [0.2, 0.25) is 0 Å². The first kappa shape index (κ1) is 19.4. The van der Waals surface area contributed by atoms with Gasteiger partial charge in [-0.25, -0.2) is 15.0 Å². The molecule has 2 aromatic carbocycles. The first-order chi connectivity index (χ1) is 14.8. The van der Waals surface area contributed by atoms with Gasteiger partial charge in [0.2, 0.25) is 0 Å². The Morgan fingerprint density at radius 1 is 0.767 bits per heavy atom. The Morgan fingerprint density at radius 3 is 2.17 bits per heavy atom. The summed E-state index contributed by atoms with van der Waals surface area (Å²) in [6, 6.07) is 26.3. The Bertz CT molecular complexity index is 1050. The van der Waals surface area contributed by atoms with Crippen LogP contribution in [0, 0.1) is 0 Å². The van der Waals surface area contributed by atoms with Gasteiger partial charge in [0.25, 0.3) is 0 Å². The lowest BCUT2D eigenvalue weighted by Crippen LogP contribution is -2.21. The second kappa shape index (κ2) is 9.52. The molecule has 2 heterocycles. The summed E-state index contributed by atoms with van der Waals surface area (Å²) in [6.07, 6.45) is 4.19. The van der Waals surface area contributed by atoms with Crippen LogP contribution in [-0.2, 0) is 13.0 Å². The van der Waals surface area contributed by atoms with Crippen molar-refractivity contribution in [3.8, 4) is 0 Å². The number of nitrogens with zero attached hydrogens (tertiary/aromatic N) is 4. The summed E-state index contributed by atoms with van der Waals surface area (Å²) in [7, 11) is 0. The third-order valence-corrected chi connectivity index (χ3v) is 4.78. The van der Waals surface area contributed by atoms with Crippen LogP contribution in [0.3, 0.4) is 0 Å². The van der Waals surface area contributed by atoms with Crippen molar-refractivity contribution in [2.24, 2.45) is 0 Å². The Labute approximate surface area is 176 Å². The van der Waals surface area contributed by atoms with Gasteiger partial charge in [-0.15, -0.1) is 0 Å². The van der Waals surface area contributed by atoms with E-state index in [1.165, 1.54) is 11.9 Å². The molecule has 0 amide bonds. The Kier molecular flexibility index (Phi) is 6.15. The second-order valence-corrected chi connectivity index (χ2v) is 6.88. The number of nitrogens with one attached hydrogen (secondary N) is 1. The lowest BCUT2D eigenvalue weighted by Gasteiger charge is -2.25. The zero-order chi connectivity index (χ0) is 20.6. The molecule has 0 fully saturated rings. The van der Waals surface area contributed by atoms with Crippen molar-refractivity contribution in [2.45, 2.75) is 13.0 Å². The summed E-state index contributed by atoms with van der Waals surface area (Å²) >= 11 is 0. The molecule has 0 aliphatic heterocycles. The lowest BCUT2D eigenvalue weighted by molar-refractivity contribution is 0.915. The molecule has 0 radical (unpaired) electrons. The van der Waals surface area contributed by atoms with Gasteiger partial charge in [0.05, 0.1) is 6.54 Å². The van der Waals surface area contributed by atoms with Gasteiger partial charge in [-0.1, -0.05) is 66.7 Å². The average molecular weight is 396 g/mol. The molecule has 0 atom stereocenters. The molecule has 0 saturated carbocycles. The number of aromatic nitrogens is 3. The van der Waals surface area contributed by atoms with Gasteiger partial charge in [0.15, 0.2) is 11.6 Å². The molecule has 0 aliphatic carbocycles. The second-order valence-electron chi connectivity index (χ2n) is 6.88. The fourth-order valence-corrected chi connectivity index (χ4v) is 3.26. The summed E-state index contributed by atoms with van der Waals surface area (Å²) < 4.78 is 0. The summed E-state index contributed by atoms with van der Waals surface area (Å²) in [4.78, 5) is 15.4. The highest BCUT2D eigenvalue weighted by Gasteiger charge is 2.18. The van der Waals surface area contributed by atoms with Crippen LogP contribution in [-0.4, -0.2) is 21.5 Å². The van der Waals surface area contributed by atoms with Crippen molar-refractivity contribution in [3.63, 3.8) is 0 Å². The number of rotatable bonds is 8. The first-order valence-corrected chi connectivity index (χ1v) is 9.92. The molecule has 4 aromatic rings. The van der Waals surface area contributed by atoms with Crippen LogP contribution in [0.25, 0.3) is 0 Å². The van der Waals surface area contributed by atoms with Crippen LogP contribution < -0.4 is 16.0 Å². The van der Waals surface area contributed by atoms with Crippen LogP contribution in [0.1, 0.15) is 11.1 Å². The Morgan fingerprint density at radius 2 is 1.47 bits per heavy atom. The van der Waals surface area contributed by atoms with Crippen molar-refractivity contribution < 1.29 is 0 Å². The van der Waals surface area contributed by atoms with Gasteiger partial charge in [-0.05, 0) is 29.7 Å². The molecule has 3 N–H and O–H groups in total. The van der Waals surface area contributed by atoms with E-state index in [2.05, 4.69) is 44.5 Å². The quantitative estimate of drug-likeness (QED) is 0.458. The zero-order valence-corrected chi connectivity index (χ0v) is 16.6. The topological polar surface area (TPSA) is 80.0 Å². The highest BCUT2D eigenvalue weighted by molar-refractivity contribution is 5.78. The van der Waals surface area contributed by atoms with Crippen molar-refractivity contribution in [1.29, 1.82) is 0 Å². The molecule has 0 saturated heterocycles. The fraction of sp³-hybridized carbons (Fsp3) is 0.125. The molecule has 150 valence electrons. The Balaban J connectivity index is 1.58. The van der Waals surface area contributed by atoms with Gasteiger partial charge < -0.3 is 16.0 Å². The van der Waals surface area contributed by atoms with Gasteiger partial charge in [-0.2, -0.15) is 0 Å². The third-order valence-electron chi connectivity index (χ3n) is 4.78. The van der Waals surface area contributed by atoms with Crippen LogP contribution in [0.5, 0.6) is 0 Å². The van der Waals surface area contributed by atoms with E-state index in [1.54, 1.807) is 6.20 Å². The molecular formula is C24H24N6. The molecule has 0 unspecified atom stereocenters. The fourth-order valence-electron chi connectivity index (χ4n) is 3.26. The molecule has 4 rings (SSSR count). The maximum absolute atomic E-state index is 6.50. The van der Waals surface area contributed by atoms with E-state index >= 15 is 0 Å². The predicted octanol–water partition coefficient (Wildman–Crippen LogP) is 4.45. The Hall–Kier alpha value is -3.93. The van der Waals surface area contributed by atoms with Crippen LogP contribution >= 0.6 is 0 Å². The zero-order valence-electron chi connectivity index (χ0n) is 16.6. The van der Waals surface area contributed by atoms with Crippen LogP contribution in [0.4, 0.5) is 23.1 Å². The van der Waals surface area contributed by atoms with Crippen molar-refractivity contribution in [3.05, 3.63) is 103 Å². The monoisotopic (exact) mass is 396 g/mol. The normalized spacial score (nSPS) is 10.5. The highest BCUT2D eigenvalue weighted by atomic mass is 15.3. The van der Waals surface area contributed by atoms with E-state index < -0.39 is 0 Å². The molecule has 6 nitrogen and oxygen atoms in total. The van der Waals surface area contributed by atoms with E-state index in [1.807, 2.05) is 59.5 Å². The standard InChI is InChI=1S/C24H24N6/c25-22-23(27-16-14-19-9-3-1-4-10-19)28-18-29-24(22)30(21-13-7-8-15-26-21)17-20-11-5-2-6-12-20/h1-13,15,18H,14,16-17,25H2,(H,27,28,29). The summed E-state index contributed by atoms with van der Waals surface area (Å²) in [5.74, 6) is 2.04. The molecule has 6 heteroatoms. The summed E-state index contributed by atoms with van der Waals surface area (Å²) in [6.45, 7) is 1.33. The summed E-state index contributed by atoms with van der Waals surface area (Å²) in [5.41, 5.74) is 9.40. The van der Waals surface area contributed by atoms with Crippen molar-refractivity contribution >= 4 is 23.1 Å². The largest absolute Gasteiger partial charge is 0.393 e. The minimum absolute atomic E-state index is 0.507. The molecule has 2 aromatic heterocycles. The van der Waals surface area contributed by atoms with Gasteiger partial charge in [-0.3, -0.25) is 0 Å². The van der Waals surface area contributed by atoms with Crippen molar-refractivity contribution in [1.82, 2.24) is 15.0 Å². The maximum atomic E-state index is 6.50. The molecule has 0 aliphatic rings. The number of anilines is 4. The van der Waals surface area contributed by atoms with E-state index in [9.17, 15) is 0 Å². The van der Waals surface area contributed by atoms with E-state index in [0.717, 1.165) is 24.3 Å². The van der Waals surface area contributed by atoms with Crippen LogP contribution in [0.15, 0.2) is 91.4 Å². The first-order valence-electron chi connectivity index (χ1n) is 9.92.